The van der Waals surface area contributed by atoms with Gasteiger partial charge in [0.1, 0.15) is 18.1 Å². The summed E-state index contributed by atoms with van der Waals surface area (Å²) in [6.07, 6.45) is 4.19. The van der Waals surface area contributed by atoms with Gasteiger partial charge in [-0.3, -0.25) is 4.79 Å². The largest absolute Gasteiger partial charge is 0.508 e. The molecule has 1 saturated heterocycles. The van der Waals surface area contributed by atoms with E-state index in [9.17, 15) is 9.90 Å². The van der Waals surface area contributed by atoms with Gasteiger partial charge in [-0.25, -0.2) is 0 Å². The van der Waals surface area contributed by atoms with Crippen molar-refractivity contribution in [2.24, 2.45) is 0 Å². The molecule has 0 saturated carbocycles. The Labute approximate surface area is 139 Å². The van der Waals surface area contributed by atoms with Crippen LogP contribution in [0.15, 0.2) is 55.2 Å². The fourth-order valence-electron chi connectivity index (χ4n) is 1.56. The molecule has 1 aliphatic rings. The van der Waals surface area contributed by atoms with Crippen molar-refractivity contribution < 1.29 is 40.4 Å². The van der Waals surface area contributed by atoms with Gasteiger partial charge < -0.3 is 22.0 Å². The standard InChI is InChI=1S/C15H14O4.CH3.W/c1-3-5-10(4-2)15(17)12-7-6-11(16)8-13(12)19-14-9-18-14;;/h3-8,14,16H,1-2,9H2;1H3;/q;-1;/b10-5+;;. The van der Waals surface area contributed by atoms with Crippen molar-refractivity contribution >= 4 is 5.78 Å². The molecule has 1 aromatic carbocycles. The zero-order valence-corrected chi connectivity index (χ0v) is 14.7. The van der Waals surface area contributed by atoms with Gasteiger partial charge in [-0.2, -0.15) is 0 Å². The maximum absolute atomic E-state index is 12.3. The van der Waals surface area contributed by atoms with Gasteiger partial charge in [-0.05, 0) is 12.1 Å². The van der Waals surface area contributed by atoms with Crippen molar-refractivity contribution in [1.29, 1.82) is 0 Å². The fourth-order valence-corrected chi connectivity index (χ4v) is 1.56. The van der Waals surface area contributed by atoms with Gasteiger partial charge in [0.15, 0.2) is 5.78 Å². The Hall–Kier alpha value is -1.64. The summed E-state index contributed by atoms with van der Waals surface area (Å²) in [6.45, 7) is 7.63. The molecule has 2 rings (SSSR count). The fraction of sp³-hybridized carbons (Fsp3) is 0.125. The Morgan fingerprint density at radius 2 is 2.10 bits per heavy atom. The number of epoxide rings is 1. The number of Topliss-reactive ketones (excluding diaryl/α,β-unsaturated/α-hetero) is 1. The predicted molar refractivity (Wildman–Crippen MR) is 77.7 cm³/mol. The molecule has 112 valence electrons. The Morgan fingerprint density at radius 1 is 1.43 bits per heavy atom. The van der Waals surface area contributed by atoms with Crippen LogP contribution in [0.2, 0.25) is 0 Å². The van der Waals surface area contributed by atoms with Gasteiger partial charge in [0.2, 0.25) is 6.29 Å². The number of ether oxygens (including phenoxy) is 2. The number of ketones is 1. The van der Waals surface area contributed by atoms with Gasteiger partial charge >= 0.3 is 0 Å². The molecule has 0 radical (unpaired) electrons. The van der Waals surface area contributed by atoms with Crippen molar-refractivity contribution in [2.75, 3.05) is 6.61 Å². The molecule has 0 aromatic heterocycles. The number of carbonyl (C=O) groups excluding carboxylic acids is 1. The van der Waals surface area contributed by atoms with Crippen molar-refractivity contribution in [3.05, 3.63) is 68.1 Å². The minimum absolute atomic E-state index is 0. The van der Waals surface area contributed by atoms with Crippen LogP contribution in [0.4, 0.5) is 0 Å². The molecule has 5 heteroatoms. The Kier molecular flexibility index (Phi) is 7.93. The second-order valence-electron chi connectivity index (χ2n) is 3.95. The van der Waals surface area contributed by atoms with E-state index in [2.05, 4.69) is 13.2 Å². The van der Waals surface area contributed by atoms with Crippen LogP contribution in [-0.4, -0.2) is 23.8 Å². The maximum Gasteiger partial charge on any atom is 0.223 e. The molecule has 1 unspecified atom stereocenters. The summed E-state index contributed by atoms with van der Waals surface area (Å²) in [5.41, 5.74) is 0.753. The number of carbonyl (C=O) groups is 1. The van der Waals surface area contributed by atoms with Crippen molar-refractivity contribution in [1.82, 2.24) is 0 Å². The van der Waals surface area contributed by atoms with Crippen molar-refractivity contribution in [3.63, 3.8) is 0 Å². The van der Waals surface area contributed by atoms with E-state index < -0.39 is 0 Å². The van der Waals surface area contributed by atoms with Crippen LogP contribution in [0.1, 0.15) is 10.4 Å². The van der Waals surface area contributed by atoms with Gasteiger partial charge in [0.25, 0.3) is 0 Å². The molecule has 1 aliphatic heterocycles. The second-order valence-corrected chi connectivity index (χ2v) is 3.95. The predicted octanol–water partition coefficient (Wildman–Crippen LogP) is 3.06. The van der Waals surface area contributed by atoms with Crippen LogP contribution < -0.4 is 4.74 Å². The number of benzene rings is 1. The zero-order chi connectivity index (χ0) is 13.8. The molecule has 0 amide bonds. The molecule has 0 bridgehead atoms. The smallest absolute Gasteiger partial charge is 0.223 e. The van der Waals surface area contributed by atoms with E-state index in [1.807, 2.05) is 0 Å². The van der Waals surface area contributed by atoms with Crippen LogP contribution in [0.25, 0.3) is 0 Å². The van der Waals surface area contributed by atoms with Crippen LogP contribution in [-0.2, 0) is 25.8 Å². The number of phenolic OH excluding ortho intramolecular Hbond substituents is 1. The van der Waals surface area contributed by atoms with Gasteiger partial charge in [-0.1, -0.05) is 31.4 Å². The molecule has 1 heterocycles. The average molecular weight is 457 g/mol. The molecule has 1 N–H and O–H groups in total. The van der Waals surface area contributed by atoms with E-state index in [4.69, 9.17) is 9.47 Å². The number of phenols is 1. The van der Waals surface area contributed by atoms with E-state index in [0.29, 0.717) is 23.5 Å². The van der Waals surface area contributed by atoms with Crippen LogP contribution in [0.5, 0.6) is 11.5 Å². The summed E-state index contributed by atoms with van der Waals surface area (Å²) in [4.78, 5) is 12.3. The second kappa shape index (κ2) is 8.60. The minimum atomic E-state index is -0.344. The van der Waals surface area contributed by atoms with Crippen molar-refractivity contribution in [3.8, 4) is 11.5 Å². The van der Waals surface area contributed by atoms with Gasteiger partial charge in [-0.15, -0.1) is 0 Å². The Balaban J connectivity index is 0.00000200. The van der Waals surface area contributed by atoms with E-state index in [-0.39, 0.29) is 46.3 Å². The number of rotatable bonds is 6. The zero-order valence-electron chi connectivity index (χ0n) is 11.7. The topological polar surface area (TPSA) is 59.1 Å². The first-order valence-electron chi connectivity index (χ1n) is 5.77. The molecule has 1 fully saturated rings. The first-order chi connectivity index (χ1) is 9.15. The molecule has 21 heavy (non-hydrogen) atoms. The molecule has 0 spiro atoms. The van der Waals surface area contributed by atoms with E-state index in [1.54, 1.807) is 6.08 Å². The molecule has 1 atom stereocenters. The van der Waals surface area contributed by atoms with E-state index in [1.165, 1.54) is 30.4 Å². The van der Waals surface area contributed by atoms with Gasteiger partial charge in [0.05, 0.1) is 5.56 Å². The molecule has 0 aliphatic carbocycles. The van der Waals surface area contributed by atoms with Crippen molar-refractivity contribution in [2.45, 2.75) is 6.29 Å². The summed E-state index contributed by atoms with van der Waals surface area (Å²) in [6, 6.07) is 4.34. The molecule has 4 nitrogen and oxygen atoms in total. The van der Waals surface area contributed by atoms with E-state index in [0.717, 1.165) is 0 Å². The van der Waals surface area contributed by atoms with E-state index >= 15 is 0 Å². The average Bonchev–Trinajstić information content (AvgIpc) is 3.19. The first kappa shape index (κ1) is 19.4. The first-order valence-corrected chi connectivity index (χ1v) is 5.77. The summed E-state index contributed by atoms with van der Waals surface area (Å²) < 4.78 is 10.4. The van der Waals surface area contributed by atoms with Crippen LogP contribution in [0.3, 0.4) is 0 Å². The minimum Gasteiger partial charge on any atom is -0.508 e. The van der Waals surface area contributed by atoms with Crippen LogP contribution in [0, 0.1) is 7.43 Å². The van der Waals surface area contributed by atoms with Crippen LogP contribution >= 0.6 is 0 Å². The van der Waals surface area contributed by atoms with Gasteiger partial charge in [0, 0.05) is 32.7 Å². The summed E-state index contributed by atoms with van der Waals surface area (Å²) >= 11 is 0. The third-order valence-corrected chi connectivity index (χ3v) is 2.55. The summed E-state index contributed by atoms with van der Waals surface area (Å²) in [5.74, 6) is 0.0786. The monoisotopic (exact) mass is 457 g/mol. The normalized spacial score (nSPS) is 16.0. The Morgan fingerprint density at radius 3 is 2.62 bits per heavy atom. The summed E-state index contributed by atoms with van der Waals surface area (Å²) in [5, 5.41) is 9.47. The molecular formula is C16H17O4W-. The summed E-state index contributed by atoms with van der Waals surface area (Å²) in [7, 11) is 0. The number of hydrogen-bond acceptors (Lipinski definition) is 4. The molecular weight excluding hydrogens is 440 g/mol. The maximum atomic E-state index is 12.3. The quantitative estimate of drug-likeness (QED) is 0.235. The molecule has 1 aromatic rings. The SMILES string of the molecule is C=C/C=C(\C=C)C(=O)c1ccc(O)cc1OC1CO1.[CH3-].[W]. The number of hydrogen-bond donors (Lipinski definition) is 1. The number of allylic oxidation sites excluding steroid dienone is 4. The third-order valence-electron chi connectivity index (χ3n) is 2.55. The Bertz CT molecular complexity index is 559. The third kappa shape index (κ3) is 5.00. The number of aromatic hydroxyl groups is 1.